The van der Waals surface area contributed by atoms with Gasteiger partial charge >= 0.3 is 0 Å². The van der Waals surface area contributed by atoms with E-state index in [1.807, 2.05) is 43.3 Å². The number of aliphatic hydroxyl groups excluding tert-OH is 2. The Kier molecular flexibility index (Phi) is 5.22. The third kappa shape index (κ3) is 3.19. The van der Waals surface area contributed by atoms with Gasteiger partial charge in [0, 0.05) is 30.2 Å². The van der Waals surface area contributed by atoms with Crippen LogP contribution >= 0.6 is 11.6 Å². The van der Waals surface area contributed by atoms with Crippen LogP contribution in [0.4, 0.5) is 0 Å². The number of hydrogen-bond acceptors (Lipinski definition) is 3. The summed E-state index contributed by atoms with van der Waals surface area (Å²) in [6.07, 6.45) is 0. The maximum absolute atomic E-state index is 9.25. The van der Waals surface area contributed by atoms with E-state index in [1.54, 1.807) is 0 Å². The summed E-state index contributed by atoms with van der Waals surface area (Å²) in [5, 5.41) is 19.2. The molecule has 1 rings (SSSR count). The molecule has 90 valence electrons. The van der Waals surface area contributed by atoms with Crippen LogP contribution in [0, 0.1) is 5.92 Å². The molecule has 1 aromatic rings. The first kappa shape index (κ1) is 13.5. The van der Waals surface area contributed by atoms with Crippen LogP contribution in [0.3, 0.4) is 0 Å². The van der Waals surface area contributed by atoms with Crippen molar-refractivity contribution in [3.63, 3.8) is 0 Å². The molecule has 0 aliphatic carbocycles. The number of rotatable bonds is 5. The molecule has 0 fully saturated rings. The number of nitrogens with zero attached hydrogens (tertiary/aromatic N) is 1. The second-order valence-corrected chi connectivity index (χ2v) is 4.52. The molecule has 4 heteroatoms. The Morgan fingerprint density at radius 2 is 1.62 bits per heavy atom. The topological polar surface area (TPSA) is 43.7 Å². The average Bonchev–Trinajstić information content (AvgIpc) is 2.27. The van der Waals surface area contributed by atoms with Gasteiger partial charge in [-0.15, -0.1) is 0 Å². The van der Waals surface area contributed by atoms with Crippen molar-refractivity contribution >= 4 is 11.6 Å². The molecule has 0 aliphatic heterocycles. The predicted octanol–water partition coefficient (Wildman–Crippen LogP) is 1.54. The van der Waals surface area contributed by atoms with Crippen LogP contribution in [0.15, 0.2) is 24.3 Å². The lowest BCUT2D eigenvalue weighted by Gasteiger charge is -2.30. The third-order valence-corrected chi connectivity index (χ3v) is 2.94. The summed E-state index contributed by atoms with van der Waals surface area (Å²) in [7, 11) is 3.86. The molecule has 1 atom stereocenters. The van der Waals surface area contributed by atoms with Gasteiger partial charge in [0.05, 0.1) is 0 Å². The van der Waals surface area contributed by atoms with Crippen molar-refractivity contribution in [2.75, 3.05) is 27.3 Å². The lowest BCUT2D eigenvalue weighted by Crippen LogP contribution is -2.31. The van der Waals surface area contributed by atoms with Crippen molar-refractivity contribution in [2.45, 2.75) is 6.04 Å². The molecule has 0 saturated carbocycles. The van der Waals surface area contributed by atoms with Crippen LogP contribution < -0.4 is 0 Å². The quantitative estimate of drug-likeness (QED) is 0.825. The fraction of sp³-hybridized carbons (Fsp3) is 0.500. The summed E-state index contributed by atoms with van der Waals surface area (Å²) in [5.74, 6) is -0.184. The van der Waals surface area contributed by atoms with E-state index in [4.69, 9.17) is 11.6 Å². The minimum Gasteiger partial charge on any atom is -0.396 e. The molecular formula is C12H18ClNO2. The van der Waals surface area contributed by atoms with Crippen LogP contribution in [0.25, 0.3) is 0 Å². The number of aliphatic hydroxyl groups is 2. The van der Waals surface area contributed by atoms with Crippen molar-refractivity contribution in [2.24, 2.45) is 5.92 Å². The minimum atomic E-state index is -0.184. The van der Waals surface area contributed by atoms with Crippen molar-refractivity contribution in [1.82, 2.24) is 4.90 Å². The highest BCUT2D eigenvalue weighted by atomic mass is 35.5. The monoisotopic (exact) mass is 243 g/mol. The fourth-order valence-electron chi connectivity index (χ4n) is 1.91. The molecular weight excluding hydrogens is 226 g/mol. The van der Waals surface area contributed by atoms with E-state index in [2.05, 4.69) is 0 Å². The normalized spacial score (nSPS) is 13.4. The molecule has 0 spiro atoms. The van der Waals surface area contributed by atoms with E-state index in [9.17, 15) is 10.2 Å². The zero-order valence-electron chi connectivity index (χ0n) is 9.60. The Labute approximate surface area is 101 Å². The third-order valence-electron chi connectivity index (χ3n) is 2.68. The van der Waals surface area contributed by atoms with Gasteiger partial charge in [-0.1, -0.05) is 23.7 Å². The highest BCUT2D eigenvalue weighted by Gasteiger charge is 2.23. The summed E-state index contributed by atoms with van der Waals surface area (Å²) in [6.45, 7) is -0.0794. The summed E-state index contributed by atoms with van der Waals surface area (Å²) in [4.78, 5) is 1.99. The highest BCUT2D eigenvalue weighted by molar-refractivity contribution is 6.30. The average molecular weight is 244 g/mol. The fourth-order valence-corrected chi connectivity index (χ4v) is 2.04. The summed E-state index contributed by atoms with van der Waals surface area (Å²) < 4.78 is 0. The van der Waals surface area contributed by atoms with E-state index in [0.717, 1.165) is 5.56 Å². The first-order chi connectivity index (χ1) is 7.60. The minimum absolute atomic E-state index is 0.00716. The highest BCUT2D eigenvalue weighted by Crippen LogP contribution is 2.27. The van der Waals surface area contributed by atoms with Gasteiger partial charge in [0.25, 0.3) is 0 Å². The Morgan fingerprint density at radius 1 is 1.12 bits per heavy atom. The van der Waals surface area contributed by atoms with Crippen molar-refractivity contribution in [3.05, 3.63) is 34.9 Å². The second kappa shape index (κ2) is 6.21. The van der Waals surface area contributed by atoms with Crippen LogP contribution in [-0.4, -0.2) is 42.4 Å². The molecule has 0 aromatic heterocycles. The molecule has 1 aromatic carbocycles. The van der Waals surface area contributed by atoms with Crippen LogP contribution in [0.1, 0.15) is 11.6 Å². The molecule has 0 radical (unpaired) electrons. The Morgan fingerprint density at radius 3 is 2.00 bits per heavy atom. The molecule has 1 unspecified atom stereocenters. The SMILES string of the molecule is CN(C)C(c1ccc(Cl)cc1)C(CO)CO. The lowest BCUT2D eigenvalue weighted by molar-refractivity contribution is 0.0808. The Bertz CT molecular complexity index is 309. The van der Waals surface area contributed by atoms with E-state index in [1.165, 1.54) is 0 Å². The molecule has 16 heavy (non-hydrogen) atoms. The standard InChI is InChI=1S/C12H18ClNO2/c1-14(2)12(10(7-15)8-16)9-3-5-11(13)6-4-9/h3-6,10,12,15-16H,7-8H2,1-2H3. The maximum Gasteiger partial charge on any atom is 0.0499 e. The number of benzene rings is 1. The van der Waals surface area contributed by atoms with Crippen molar-refractivity contribution < 1.29 is 10.2 Å². The number of hydrogen-bond donors (Lipinski definition) is 2. The van der Waals surface area contributed by atoms with Crippen molar-refractivity contribution in [3.8, 4) is 0 Å². The Hall–Kier alpha value is -0.610. The molecule has 3 nitrogen and oxygen atoms in total. The van der Waals surface area contributed by atoms with E-state index < -0.39 is 0 Å². The smallest absolute Gasteiger partial charge is 0.0499 e. The van der Waals surface area contributed by atoms with E-state index in [-0.39, 0.29) is 25.2 Å². The van der Waals surface area contributed by atoms with Crippen LogP contribution in [-0.2, 0) is 0 Å². The number of halogens is 1. The summed E-state index contributed by atoms with van der Waals surface area (Å²) in [6, 6.07) is 7.47. The maximum atomic E-state index is 9.25. The van der Waals surface area contributed by atoms with Gasteiger partial charge in [-0.2, -0.15) is 0 Å². The van der Waals surface area contributed by atoms with Crippen LogP contribution in [0.5, 0.6) is 0 Å². The largest absolute Gasteiger partial charge is 0.396 e. The molecule has 0 aliphatic rings. The van der Waals surface area contributed by atoms with E-state index in [0.29, 0.717) is 5.02 Å². The van der Waals surface area contributed by atoms with Crippen LogP contribution in [0.2, 0.25) is 5.02 Å². The molecule has 0 heterocycles. The predicted molar refractivity (Wildman–Crippen MR) is 65.5 cm³/mol. The van der Waals surface area contributed by atoms with Gasteiger partial charge < -0.3 is 15.1 Å². The van der Waals surface area contributed by atoms with Crippen molar-refractivity contribution in [1.29, 1.82) is 0 Å². The summed E-state index contributed by atoms with van der Waals surface area (Å²) >= 11 is 5.83. The molecule has 0 bridgehead atoms. The van der Waals surface area contributed by atoms with E-state index >= 15 is 0 Å². The first-order valence-corrected chi connectivity index (χ1v) is 5.61. The summed E-state index contributed by atoms with van der Waals surface area (Å²) in [5.41, 5.74) is 1.04. The second-order valence-electron chi connectivity index (χ2n) is 4.09. The van der Waals surface area contributed by atoms with Gasteiger partial charge in [-0.25, -0.2) is 0 Å². The lowest BCUT2D eigenvalue weighted by atomic mass is 9.93. The molecule has 2 N–H and O–H groups in total. The van der Waals surface area contributed by atoms with Gasteiger partial charge in [-0.05, 0) is 31.8 Å². The first-order valence-electron chi connectivity index (χ1n) is 5.23. The zero-order chi connectivity index (χ0) is 12.1. The molecule has 0 amide bonds. The van der Waals surface area contributed by atoms with Gasteiger partial charge in [0.2, 0.25) is 0 Å². The zero-order valence-corrected chi connectivity index (χ0v) is 10.4. The Balaban J connectivity index is 2.97. The molecule has 0 saturated heterocycles. The van der Waals surface area contributed by atoms with Gasteiger partial charge in [0.15, 0.2) is 0 Å². The van der Waals surface area contributed by atoms with Gasteiger partial charge in [0.1, 0.15) is 0 Å². The van der Waals surface area contributed by atoms with Gasteiger partial charge in [-0.3, -0.25) is 0 Å².